The van der Waals surface area contributed by atoms with Crippen LogP contribution < -0.4 is 33.8 Å². The standard InChI is InChI=1S/C32H38N2O8S/c1-7-8-9-14-41-24-13-11-22(19-26(24)40-6)29-28(31(36)42-16-15-37-3)20(2)33-32-34(29)30(35)27(43-32)18-21-10-12-23(38-4)25(17-21)39-5/h10-13,17-19,29H,7-9,14-16H2,1-6H3/b27-18-. The summed E-state index contributed by atoms with van der Waals surface area (Å²) in [5.74, 6) is 1.65. The van der Waals surface area contributed by atoms with Crippen molar-refractivity contribution in [3.8, 4) is 23.0 Å². The first-order valence-electron chi connectivity index (χ1n) is 14.1. The zero-order valence-corrected chi connectivity index (χ0v) is 26.2. The van der Waals surface area contributed by atoms with E-state index in [1.807, 2.05) is 18.2 Å². The van der Waals surface area contributed by atoms with Gasteiger partial charge < -0.3 is 28.4 Å². The summed E-state index contributed by atoms with van der Waals surface area (Å²) < 4.78 is 35.0. The third-order valence-electron chi connectivity index (χ3n) is 6.98. The fraction of sp³-hybridized carbons (Fsp3) is 0.406. The molecule has 0 bridgehead atoms. The number of ether oxygens (including phenoxy) is 6. The molecule has 0 aliphatic carbocycles. The summed E-state index contributed by atoms with van der Waals surface area (Å²) in [4.78, 5) is 32.6. The maximum Gasteiger partial charge on any atom is 0.338 e. The SMILES string of the molecule is CCCCCOc1ccc(C2C(C(=O)OCCOC)=C(C)N=c3s/c(=C\c4ccc(OC)c(OC)c4)c(=O)n32)cc1OC. The van der Waals surface area contributed by atoms with Crippen LogP contribution in [-0.4, -0.2) is 58.8 Å². The van der Waals surface area contributed by atoms with Crippen molar-refractivity contribution in [2.75, 3.05) is 48.3 Å². The van der Waals surface area contributed by atoms with Crippen LogP contribution in [0.2, 0.25) is 0 Å². The summed E-state index contributed by atoms with van der Waals surface area (Å²) in [7, 11) is 6.22. The number of unbranched alkanes of at least 4 members (excludes halogenated alkanes) is 2. The molecule has 0 spiro atoms. The van der Waals surface area contributed by atoms with E-state index >= 15 is 0 Å². The van der Waals surface area contributed by atoms with E-state index in [1.165, 1.54) is 23.0 Å². The van der Waals surface area contributed by atoms with E-state index in [4.69, 9.17) is 28.4 Å². The molecule has 10 nitrogen and oxygen atoms in total. The molecule has 4 rings (SSSR count). The lowest BCUT2D eigenvalue weighted by Crippen LogP contribution is -2.40. The largest absolute Gasteiger partial charge is 0.493 e. The summed E-state index contributed by atoms with van der Waals surface area (Å²) in [6.07, 6.45) is 4.85. The highest BCUT2D eigenvalue weighted by Gasteiger charge is 2.34. The second kappa shape index (κ2) is 14.9. The van der Waals surface area contributed by atoms with E-state index in [9.17, 15) is 9.59 Å². The molecule has 0 N–H and O–H groups in total. The Hall–Kier alpha value is -4.09. The first-order chi connectivity index (χ1) is 20.9. The van der Waals surface area contributed by atoms with Gasteiger partial charge in [-0.15, -0.1) is 0 Å². The van der Waals surface area contributed by atoms with Gasteiger partial charge in [-0.1, -0.05) is 43.2 Å². The third kappa shape index (κ3) is 7.11. The van der Waals surface area contributed by atoms with Crippen LogP contribution in [0.25, 0.3) is 6.08 Å². The van der Waals surface area contributed by atoms with Gasteiger partial charge in [0.15, 0.2) is 27.8 Å². The minimum absolute atomic E-state index is 0.0659. The van der Waals surface area contributed by atoms with Gasteiger partial charge in [0.05, 0.1) is 56.4 Å². The molecule has 0 fully saturated rings. The monoisotopic (exact) mass is 610 g/mol. The Morgan fingerprint density at radius 3 is 2.35 bits per heavy atom. The zero-order valence-electron chi connectivity index (χ0n) is 25.4. The number of thiazole rings is 1. The van der Waals surface area contributed by atoms with Gasteiger partial charge in [0.2, 0.25) is 0 Å². The van der Waals surface area contributed by atoms with Gasteiger partial charge in [0.25, 0.3) is 5.56 Å². The molecule has 2 heterocycles. The molecule has 0 saturated heterocycles. The number of carbonyl (C=O) groups excluding carboxylic acids is 1. The van der Waals surface area contributed by atoms with Gasteiger partial charge in [-0.05, 0) is 54.8 Å². The van der Waals surface area contributed by atoms with Crippen LogP contribution in [0.15, 0.2) is 57.5 Å². The number of aromatic nitrogens is 1. The molecule has 0 saturated carbocycles. The molecule has 1 atom stereocenters. The average Bonchev–Trinajstić information content (AvgIpc) is 3.32. The minimum atomic E-state index is -0.804. The first kappa shape index (κ1) is 31.8. The van der Waals surface area contributed by atoms with Crippen LogP contribution in [0, 0.1) is 0 Å². The molecule has 1 aliphatic rings. The van der Waals surface area contributed by atoms with Crippen molar-refractivity contribution in [3.05, 3.63) is 78.5 Å². The zero-order chi connectivity index (χ0) is 30.9. The number of esters is 1. The maximum absolute atomic E-state index is 14.0. The first-order valence-corrected chi connectivity index (χ1v) is 14.9. The Kier molecular flexibility index (Phi) is 11.0. The molecular formula is C32H38N2O8S. The van der Waals surface area contributed by atoms with E-state index in [1.54, 1.807) is 52.5 Å². The number of benzene rings is 2. The van der Waals surface area contributed by atoms with Crippen molar-refractivity contribution >= 4 is 23.4 Å². The second-order valence-electron chi connectivity index (χ2n) is 9.79. The Morgan fingerprint density at radius 2 is 1.65 bits per heavy atom. The Balaban J connectivity index is 1.84. The smallest absolute Gasteiger partial charge is 0.338 e. The lowest BCUT2D eigenvalue weighted by molar-refractivity contribution is -0.140. The van der Waals surface area contributed by atoms with Crippen LogP contribution in [0.1, 0.15) is 50.3 Å². The predicted octanol–water partition coefficient (Wildman–Crippen LogP) is 4.02. The number of fused-ring (bicyclic) bond motifs is 1. The molecule has 1 unspecified atom stereocenters. The van der Waals surface area contributed by atoms with Gasteiger partial charge in [-0.25, -0.2) is 9.79 Å². The fourth-order valence-electron chi connectivity index (χ4n) is 4.80. The summed E-state index contributed by atoms with van der Waals surface area (Å²) in [5.41, 5.74) is 1.84. The van der Waals surface area contributed by atoms with Crippen molar-refractivity contribution < 1.29 is 33.2 Å². The highest BCUT2D eigenvalue weighted by atomic mass is 32.1. The van der Waals surface area contributed by atoms with Gasteiger partial charge in [-0.3, -0.25) is 9.36 Å². The highest BCUT2D eigenvalue weighted by molar-refractivity contribution is 7.07. The van der Waals surface area contributed by atoms with E-state index in [0.717, 1.165) is 24.8 Å². The number of nitrogens with zero attached hydrogens (tertiary/aromatic N) is 2. The normalized spacial score (nSPS) is 14.7. The highest BCUT2D eigenvalue weighted by Crippen LogP contribution is 2.36. The van der Waals surface area contributed by atoms with Crippen molar-refractivity contribution in [1.82, 2.24) is 4.57 Å². The van der Waals surface area contributed by atoms with E-state index in [2.05, 4.69) is 11.9 Å². The Bertz CT molecular complexity index is 1660. The Morgan fingerprint density at radius 1 is 0.930 bits per heavy atom. The topological polar surface area (TPSA) is 107 Å². The number of hydrogen-bond donors (Lipinski definition) is 0. The van der Waals surface area contributed by atoms with Crippen LogP contribution in [0.5, 0.6) is 23.0 Å². The minimum Gasteiger partial charge on any atom is -0.493 e. The summed E-state index contributed by atoms with van der Waals surface area (Å²) in [6, 6.07) is 10.1. The van der Waals surface area contributed by atoms with E-state index in [0.29, 0.717) is 50.2 Å². The lowest BCUT2D eigenvalue weighted by atomic mass is 9.95. The molecular weight excluding hydrogens is 572 g/mol. The van der Waals surface area contributed by atoms with Crippen LogP contribution in [-0.2, 0) is 14.3 Å². The Labute approximate surface area is 254 Å². The van der Waals surface area contributed by atoms with Gasteiger partial charge in [-0.2, -0.15) is 0 Å². The number of hydrogen-bond acceptors (Lipinski definition) is 10. The van der Waals surface area contributed by atoms with E-state index in [-0.39, 0.29) is 24.3 Å². The molecule has 0 amide bonds. The molecule has 1 aliphatic heterocycles. The fourth-order valence-corrected chi connectivity index (χ4v) is 5.84. The molecule has 1 aromatic heterocycles. The summed E-state index contributed by atoms with van der Waals surface area (Å²) >= 11 is 1.24. The molecule has 11 heteroatoms. The van der Waals surface area contributed by atoms with Crippen molar-refractivity contribution in [3.63, 3.8) is 0 Å². The number of allylic oxidation sites excluding steroid dienone is 1. The van der Waals surface area contributed by atoms with Gasteiger partial charge in [0.1, 0.15) is 6.61 Å². The molecule has 43 heavy (non-hydrogen) atoms. The number of rotatable bonds is 14. The molecule has 230 valence electrons. The molecule has 0 radical (unpaired) electrons. The average molecular weight is 611 g/mol. The molecule has 3 aromatic rings. The number of carbonyl (C=O) groups is 1. The third-order valence-corrected chi connectivity index (χ3v) is 7.96. The van der Waals surface area contributed by atoms with Crippen molar-refractivity contribution in [1.29, 1.82) is 0 Å². The summed E-state index contributed by atoms with van der Waals surface area (Å²) in [5, 5.41) is 0. The quantitative estimate of drug-likeness (QED) is 0.199. The van der Waals surface area contributed by atoms with Gasteiger partial charge in [0, 0.05) is 7.11 Å². The van der Waals surface area contributed by atoms with Crippen LogP contribution >= 0.6 is 11.3 Å². The van der Waals surface area contributed by atoms with Crippen LogP contribution in [0.4, 0.5) is 0 Å². The number of methoxy groups -OCH3 is 4. The predicted molar refractivity (Wildman–Crippen MR) is 164 cm³/mol. The van der Waals surface area contributed by atoms with Gasteiger partial charge >= 0.3 is 5.97 Å². The lowest BCUT2D eigenvalue weighted by Gasteiger charge is -2.25. The molecule has 2 aromatic carbocycles. The van der Waals surface area contributed by atoms with E-state index < -0.39 is 12.0 Å². The maximum atomic E-state index is 14.0. The van der Waals surface area contributed by atoms with Crippen LogP contribution in [0.3, 0.4) is 0 Å². The summed E-state index contributed by atoms with van der Waals surface area (Å²) in [6.45, 7) is 4.75. The van der Waals surface area contributed by atoms with Crippen molar-refractivity contribution in [2.45, 2.75) is 39.2 Å². The van der Waals surface area contributed by atoms with Crippen molar-refractivity contribution in [2.24, 2.45) is 4.99 Å². The second-order valence-corrected chi connectivity index (χ2v) is 10.8.